The lowest BCUT2D eigenvalue weighted by Gasteiger charge is -2.34. The van der Waals surface area contributed by atoms with Gasteiger partial charge in [0.1, 0.15) is 0 Å². The molecule has 2 aliphatic rings. The first-order chi connectivity index (χ1) is 12.2. The molecule has 2 N–H and O–H groups in total. The van der Waals surface area contributed by atoms with Crippen LogP contribution in [0.3, 0.4) is 0 Å². The smallest absolute Gasteiger partial charge is 0.315 e. The van der Waals surface area contributed by atoms with Gasteiger partial charge in [-0.1, -0.05) is 6.42 Å². The fraction of sp³-hybridized carbons (Fsp3) is 0.706. The summed E-state index contributed by atoms with van der Waals surface area (Å²) in [4.78, 5) is 26.1. The Bertz CT molecular complexity index is 614. The topological polar surface area (TPSA) is 79.3 Å². The van der Waals surface area contributed by atoms with E-state index in [-0.39, 0.29) is 11.9 Å². The highest BCUT2D eigenvalue weighted by Gasteiger charge is 2.31. The minimum absolute atomic E-state index is 0.158. The Morgan fingerprint density at radius 3 is 2.88 bits per heavy atom. The van der Waals surface area contributed by atoms with Gasteiger partial charge in [0.05, 0.1) is 31.0 Å². The van der Waals surface area contributed by atoms with E-state index in [4.69, 9.17) is 0 Å². The summed E-state index contributed by atoms with van der Waals surface area (Å²) in [5.74, 6) is 1.58. The minimum atomic E-state index is -0.158. The third kappa shape index (κ3) is 4.68. The number of amides is 3. The number of carbonyl (C=O) groups excluding carboxylic acids is 2. The summed E-state index contributed by atoms with van der Waals surface area (Å²) in [6.07, 6.45) is 6.28. The Labute approximate surface area is 152 Å². The van der Waals surface area contributed by atoms with E-state index in [0.717, 1.165) is 49.5 Å². The molecular formula is C17H27N5O2S. The van der Waals surface area contributed by atoms with Gasteiger partial charge in [0, 0.05) is 19.0 Å². The van der Waals surface area contributed by atoms with Crippen molar-refractivity contribution in [3.05, 3.63) is 17.5 Å². The maximum absolute atomic E-state index is 12.4. The third-order valence-corrected chi connectivity index (χ3v) is 5.55. The molecule has 1 fully saturated rings. The van der Waals surface area contributed by atoms with Crippen LogP contribution in [0.1, 0.15) is 37.1 Å². The molecule has 7 nitrogen and oxygen atoms in total. The summed E-state index contributed by atoms with van der Waals surface area (Å²) >= 11 is 1.78. The number of rotatable bonds is 7. The number of urea groups is 1. The quantitative estimate of drug-likeness (QED) is 0.719. The number of nitrogens with one attached hydrogen (secondary N) is 2. The highest BCUT2D eigenvalue weighted by atomic mass is 32.2. The van der Waals surface area contributed by atoms with Gasteiger partial charge < -0.3 is 15.5 Å². The van der Waals surface area contributed by atoms with Crippen molar-refractivity contribution < 1.29 is 9.59 Å². The summed E-state index contributed by atoms with van der Waals surface area (Å²) in [7, 11) is 0. The largest absolute Gasteiger partial charge is 0.338 e. The lowest BCUT2D eigenvalue weighted by Crippen LogP contribution is -2.43. The van der Waals surface area contributed by atoms with Gasteiger partial charge in [-0.2, -0.15) is 16.9 Å². The van der Waals surface area contributed by atoms with Crippen LogP contribution in [0.4, 0.5) is 4.79 Å². The fourth-order valence-corrected chi connectivity index (χ4v) is 3.60. The second kappa shape index (κ2) is 8.60. The van der Waals surface area contributed by atoms with Crippen LogP contribution >= 0.6 is 11.8 Å². The van der Waals surface area contributed by atoms with E-state index in [1.807, 2.05) is 15.6 Å². The number of carbonyl (C=O) groups is 2. The number of hydrogen-bond donors (Lipinski definition) is 2. The van der Waals surface area contributed by atoms with Gasteiger partial charge in [-0.05, 0) is 37.3 Å². The van der Waals surface area contributed by atoms with E-state index >= 15 is 0 Å². The molecule has 0 bridgehead atoms. The Kier molecular flexibility index (Phi) is 6.23. The SMILES string of the molecule is CSCCCNC(=O)NCc1cc2n(n1)CCN(C(=O)C1CCC1)C2. The zero-order valence-corrected chi connectivity index (χ0v) is 15.6. The van der Waals surface area contributed by atoms with E-state index in [1.54, 1.807) is 11.8 Å². The molecule has 0 atom stereocenters. The molecule has 138 valence electrons. The van der Waals surface area contributed by atoms with E-state index in [2.05, 4.69) is 22.0 Å². The van der Waals surface area contributed by atoms with Crippen molar-refractivity contribution in [2.75, 3.05) is 25.1 Å². The van der Waals surface area contributed by atoms with Crippen LogP contribution in [0.25, 0.3) is 0 Å². The van der Waals surface area contributed by atoms with Crippen molar-refractivity contribution in [1.29, 1.82) is 0 Å². The van der Waals surface area contributed by atoms with Crippen molar-refractivity contribution in [2.24, 2.45) is 5.92 Å². The monoisotopic (exact) mass is 365 g/mol. The molecular weight excluding hydrogens is 338 g/mol. The molecule has 1 saturated carbocycles. The van der Waals surface area contributed by atoms with E-state index in [1.165, 1.54) is 6.42 Å². The van der Waals surface area contributed by atoms with Gasteiger partial charge in [-0.15, -0.1) is 0 Å². The first kappa shape index (κ1) is 18.1. The van der Waals surface area contributed by atoms with Crippen LogP contribution < -0.4 is 10.6 Å². The Balaban J connectivity index is 1.45. The van der Waals surface area contributed by atoms with Crippen molar-refractivity contribution >= 4 is 23.7 Å². The molecule has 25 heavy (non-hydrogen) atoms. The van der Waals surface area contributed by atoms with Crippen LogP contribution in [0, 0.1) is 5.92 Å². The third-order valence-electron chi connectivity index (χ3n) is 4.86. The molecule has 0 unspecified atom stereocenters. The van der Waals surface area contributed by atoms with Crippen LogP contribution in [-0.4, -0.2) is 51.7 Å². The summed E-state index contributed by atoms with van der Waals surface area (Å²) in [5.41, 5.74) is 1.89. The summed E-state index contributed by atoms with van der Waals surface area (Å²) < 4.78 is 1.96. The van der Waals surface area contributed by atoms with Crippen molar-refractivity contribution in [1.82, 2.24) is 25.3 Å². The van der Waals surface area contributed by atoms with Gasteiger partial charge >= 0.3 is 6.03 Å². The number of fused-ring (bicyclic) bond motifs is 1. The van der Waals surface area contributed by atoms with Crippen LogP contribution in [0.2, 0.25) is 0 Å². The van der Waals surface area contributed by atoms with Gasteiger partial charge in [-0.3, -0.25) is 9.48 Å². The zero-order chi connectivity index (χ0) is 17.6. The molecule has 1 aliphatic carbocycles. The van der Waals surface area contributed by atoms with E-state index in [9.17, 15) is 9.59 Å². The van der Waals surface area contributed by atoms with E-state index in [0.29, 0.717) is 25.5 Å². The molecule has 0 radical (unpaired) electrons. The zero-order valence-electron chi connectivity index (χ0n) is 14.8. The van der Waals surface area contributed by atoms with Crippen molar-refractivity contribution in [2.45, 2.75) is 45.3 Å². The van der Waals surface area contributed by atoms with Crippen LogP contribution in [0.5, 0.6) is 0 Å². The number of nitrogens with zero attached hydrogens (tertiary/aromatic N) is 3. The Morgan fingerprint density at radius 1 is 1.32 bits per heavy atom. The highest BCUT2D eigenvalue weighted by Crippen LogP contribution is 2.29. The average molecular weight is 366 g/mol. The molecule has 0 saturated heterocycles. The molecule has 3 amide bonds. The highest BCUT2D eigenvalue weighted by molar-refractivity contribution is 7.98. The molecule has 3 rings (SSSR count). The average Bonchev–Trinajstić information content (AvgIpc) is 2.97. The maximum atomic E-state index is 12.4. The molecule has 0 spiro atoms. The summed E-state index contributed by atoms with van der Waals surface area (Å²) in [5, 5.41) is 10.2. The molecule has 1 aromatic heterocycles. The molecule has 8 heteroatoms. The Morgan fingerprint density at radius 2 is 2.16 bits per heavy atom. The number of aromatic nitrogens is 2. The number of thioether (sulfide) groups is 1. The fourth-order valence-electron chi connectivity index (χ4n) is 3.17. The van der Waals surface area contributed by atoms with Crippen molar-refractivity contribution in [3.63, 3.8) is 0 Å². The molecule has 0 aromatic carbocycles. The molecule has 1 aromatic rings. The van der Waals surface area contributed by atoms with Gasteiger partial charge in [0.2, 0.25) is 5.91 Å². The normalized spacial score (nSPS) is 16.9. The van der Waals surface area contributed by atoms with Gasteiger partial charge in [-0.25, -0.2) is 4.79 Å². The number of hydrogen-bond acceptors (Lipinski definition) is 4. The minimum Gasteiger partial charge on any atom is -0.338 e. The van der Waals surface area contributed by atoms with Gasteiger partial charge in [0.15, 0.2) is 0 Å². The van der Waals surface area contributed by atoms with Crippen LogP contribution in [0.15, 0.2) is 6.07 Å². The standard InChI is InChI=1S/C17H27N5O2S/c1-25-9-3-6-18-17(24)19-11-14-10-15-12-21(7-8-22(15)20-14)16(23)13-4-2-5-13/h10,13H,2-9,11-12H2,1H3,(H2,18,19,24). The first-order valence-electron chi connectivity index (χ1n) is 9.02. The lowest BCUT2D eigenvalue weighted by molar-refractivity contribution is -0.139. The predicted octanol–water partition coefficient (Wildman–Crippen LogP) is 1.58. The first-order valence-corrected chi connectivity index (χ1v) is 10.4. The van der Waals surface area contributed by atoms with E-state index < -0.39 is 0 Å². The maximum Gasteiger partial charge on any atom is 0.315 e. The molecule has 1 aliphatic heterocycles. The summed E-state index contributed by atoms with van der Waals surface area (Å²) in [6, 6.07) is 1.84. The Hall–Kier alpha value is -1.70. The molecule has 2 heterocycles. The second-order valence-corrected chi connectivity index (χ2v) is 7.68. The van der Waals surface area contributed by atoms with Crippen LogP contribution in [-0.2, 0) is 24.4 Å². The summed E-state index contributed by atoms with van der Waals surface area (Å²) in [6.45, 7) is 3.18. The predicted molar refractivity (Wildman–Crippen MR) is 98.2 cm³/mol. The lowest BCUT2D eigenvalue weighted by atomic mass is 9.84. The van der Waals surface area contributed by atoms with Crippen molar-refractivity contribution in [3.8, 4) is 0 Å². The van der Waals surface area contributed by atoms with Gasteiger partial charge in [0.25, 0.3) is 0 Å². The second-order valence-electron chi connectivity index (χ2n) is 6.69.